The molecule has 0 bridgehead atoms. The van der Waals surface area contributed by atoms with Crippen LogP contribution >= 0.6 is 23.1 Å². The number of anilines is 1. The average Bonchev–Trinajstić information content (AvgIpc) is 3.67. The number of carbonyl (C=O) groups is 4. The number of oxime groups is 1. The van der Waals surface area contributed by atoms with Gasteiger partial charge in [0.25, 0.3) is 11.8 Å². The number of nitrogens with zero attached hydrogens (tertiary/aromatic N) is 4. The van der Waals surface area contributed by atoms with Gasteiger partial charge in [-0.2, -0.15) is 0 Å². The van der Waals surface area contributed by atoms with Gasteiger partial charge in [0.1, 0.15) is 22.8 Å². The number of amides is 2. The Bertz CT molecular complexity index is 1470. The third-order valence-corrected chi connectivity index (χ3v) is 8.94. The quantitative estimate of drug-likeness (QED) is 0.0942. The maximum atomic E-state index is 13.5. The smallest absolute Gasteiger partial charge is 0.358 e. The van der Waals surface area contributed by atoms with Crippen LogP contribution in [0.5, 0.6) is 0 Å². The first-order chi connectivity index (χ1) is 20.3. The molecule has 0 spiro atoms. The van der Waals surface area contributed by atoms with Gasteiger partial charge in [-0.1, -0.05) is 36.2 Å². The Morgan fingerprint density at radius 1 is 1.26 bits per heavy atom. The Morgan fingerprint density at radius 3 is 2.71 bits per heavy atom. The van der Waals surface area contributed by atoms with E-state index < -0.39 is 47.2 Å². The molecule has 2 fully saturated rings. The first-order valence-corrected chi connectivity index (χ1v) is 15.1. The van der Waals surface area contributed by atoms with Gasteiger partial charge in [-0.3, -0.25) is 24.3 Å². The number of hydrogen-bond donors (Lipinski definition) is 3. The van der Waals surface area contributed by atoms with Crippen molar-refractivity contribution < 1.29 is 33.9 Å². The Hall–Kier alpha value is -4.24. The molecule has 0 radical (unpaired) electrons. The fourth-order valence-electron chi connectivity index (χ4n) is 4.90. The highest BCUT2D eigenvalue weighted by Gasteiger charge is 2.54. The van der Waals surface area contributed by atoms with Crippen LogP contribution in [0.3, 0.4) is 0 Å². The highest BCUT2D eigenvalue weighted by molar-refractivity contribution is 8.00. The van der Waals surface area contributed by atoms with Gasteiger partial charge in [0.15, 0.2) is 10.8 Å². The van der Waals surface area contributed by atoms with E-state index in [1.807, 2.05) is 6.07 Å². The van der Waals surface area contributed by atoms with E-state index in [4.69, 9.17) is 15.2 Å². The summed E-state index contributed by atoms with van der Waals surface area (Å²) in [4.78, 5) is 61.4. The number of esters is 2. The molecule has 1 unspecified atom stereocenters. The summed E-state index contributed by atoms with van der Waals surface area (Å²) in [7, 11) is 0. The van der Waals surface area contributed by atoms with Gasteiger partial charge < -0.3 is 25.7 Å². The summed E-state index contributed by atoms with van der Waals surface area (Å²) in [6, 6.07) is 2.59. The molecule has 2 amide bonds. The van der Waals surface area contributed by atoms with E-state index >= 15 is 0 Å². The molecule has 220 valence electrons. The summed E-state index contributed by atoms with van der Waals surface area (Å²) in [5.41, 5.74) is 6.56. The number of allylic oxidation sites excluding steroid dienone is 1. The van der Waals surface area contributed by atoms with E-state index in [0.717, 1.165) is 42.6 Å². The molecular formula is C27H28N6O7S2. The zero-order valence-electron chi connectivity index (χ0n) is 22.5. The molecule has 5 rings (SSSR count). The number of thioether (sulfide) groups is 1. The number of pyridine rings is 1. The Labute approximate surface area is 248 Å². The Morgan fingerprint density at radius 2 is 2.05 bits per heavy atom. The van der Waals surface area contributed by atoms with Crippen molar-refractivity contribution in [2.45, 2.75) is 50.3 Å². The van der Waals surface area contributed by atoms with E-state index in [-0.39, 0.29) is 22.4 Å². The second-order valence-corrected chi connectivity index (χ2v) is 11.8. The predicted molar refractivity (Wildman–Crippen MR) is 154 cm³/mol. The molecule has 2 aromatic rings. The fraction of sp³-hybridized carbons (Fsp3) is 0.370. The summed E-state index contributed by atoms with van der Waals surface area (Å²) in [5, 5.41) is 16.0. The summed E-state index contributed by atoms with van der Waals surface area (Å²) in [5.74, 6) is -2.56. The van der Waals surface area contributed by atoms with Crippen molar-refractivity contribution in [1.29, 1.82) is 0 Å². The third-order valence-electron chi connectivity index (χ3n) is 6.96. The van der Waals surface area contributed by atoms with E-state index in [2.05, 4.69) is 20.4 Å². The summed E-state index contributed by atoms with van der Waals surface area (Å²) in [6.45, 7) is 1.45. The standard InChI is InChI=1S/C27H28N6O7S2/c1-14(39-25(36)16-6-2-3-7-16)40-26(37)21-17(9-8-15-5-4-10-29-11-15)12-41-24-20(23(35)33(21)24)31-22(34)19(32-38)18-13-42-27(28)30-18/h4-5,8-11,13-14,16,20,24,38H,2-3,6-7,12H2,1H3,(H2,28,30)(H,31,34)/b9-8-,32-19-/t14?,20-,24-/m1/s1. The lowest BCUT2D eigenvalue weighted by Crippen LogP contribution is -2.71. The molecule has 2 aromatic heterocycles. The average molecular weight is 613 g/mol. The second kappa shape index (κ2) is 12.7. The van der Waals surface area contributed by atoms with Crippen LogP contribution in [-0.4, -0.2) is 73.0 Å². The normalized spacial score (nSPS) is 21.6. The summed E-state index contributed by atoms with van der Waals surface area (Å²) in [6.07, 6.45) is 8.95. The number of fused-ring (bicyclic) bond motifs is 1. The van der Waals surface area contributed by atoms with Gasteiger partial charge in [0.2, 0.25) is 6.29 Å². The van der Waals surface area contributed by atoms with Crippen LogP contribution in [-0.2, 0) is 28.7 Å². The molecular weight excluding hydrogens is 584 g/mol. The number of thiazole rings is 1. The van der Waals surface area contributed by atoms with Gasteiger partial charge in [0.05, 0.1) is 5.92 Å². The number of hydrogen-bond acceptors (Lipinski definition) is 13. The van der Waals surface area contributed by atoms with Crippen molar-refractivity contribution in [3.05, 3.63) is 58.5 Å². The number of aromatic nitrogens is 2. The second-order valence-electron chi connectivity index (χ2n) is 9.77. The minimum atomic E-state index is -1.17. The molecule has 0 aromatic carbocycles. The van der Waals surface area contributed by atoms with Crippen LogP contribution in [0.2, 0.25) is 0 Å². The van der Waals surface area contributed by atoms with Gasteiger partial charge >= 0.3 is 11.9 Å². The van der Waals surface area contributed by atoms with Gasteiger partial charge in [0, 0.05) is 30.5 Å². The molecule has 4 heterocycles. The number of rotatable bonds is 9. The van der Waals surface area contributed by atoms with Crippen molar-refractivity contribution >= 4 is 63.8 Å². The number of β-lactam (4-membered cyclic amide) rings is 1. The van der Waals surface area contributed by atoms with Crippen molar-refractivity contribution in [2.75, 3.05) is 11.5 Å². The van der Waals surface area contributed by atoms with Crippen LogP contribution in [0.4, 0.5) is 5.13 Å². The SMILES string of the molecule is CC(OC(=O)C1=C(/C=C\c2cccnc2)CS[C@@H]2[C@H](NC(=O)/C(=N\O)c3csc(N)n3)C(=O)N12)OC(=O)C1CCCC1. The number of nitrogen functional groups attached to an aromatic ring is 1. The number of nitrogens with two attached hydrogens (primary N) is 1. The lowest BCUT2D eigenvalue weighted by atomic mass is 10.0. The fourth-order valence-corrected chi connectivity index (χ4v) is 6.77. The van der Waals surface area contributed by atoms with E-state index in [1.54, 1.807) is 30.6 Å². The molecule has 1 saturated heterocycles. The third kappa shape index (κ3) is 6.16. The topological polar surface area (TPSA) is 186 Å². The van der Waals surface area contributed by atoms with Crippen LogP contribution in [0.1, 0.15) is 43.9 Å². The first kappa shape index (κ1) is 29.3. The van der Waals surface area contributed by atoms with Gasteiger partial charge in [-0.25, -0.2) is 9.78 Å². The van der Waals surface area contributed by atoms with Crippen molar-refractivity contribution in [1.82, 2.24) is 20.2 Å². The minimum Gasteiger partial charge on any atom is -0.425 e. The molecule has 1 saturated carbocycles. The van der Waals surface area contributed by atoms with Crippen molar-refractivity contribution in [3.8, 4) is 0 Å². The number of nitrogens with one attached hydrogen (secondary N) is 1. The zero-order chi connectivity index (χ0) is 29.8. The van der Waals surface area contributed by atoms with E-state index in [0.29, 0.717) is 11.3 Å². The molecule has 42 heavy (non-hydrogen) atoms. The molecule has 3 aliphatic rings. The molecule has 4 N–H and O–H groups in total. The van der Waals surface area contributed by atoms with E-state index in [9.17, 15) is 24.4 Å². The van der Waals surface area contributed by atoms with E-state index in [1.165, 1.54) is 29.0 Å². The highest BCUT2D eigenvalue weighted by Crippen LogP contribution is 2.41. The minimum absolute atomic E-state index is 0.0125. The van der Waals surface area contributed by atoms with Gasteiger partial charge in [-0.05, 0) is 30.0 Å². The molecule has 3 atom stereocenters. The number of ether oxygens (including phenoxy) is 2. The summed E-state index contributed by atoms with van der Waals surface area (Å²) < 4.78 is 10.9. The molecule has 2 aliphatic heterocycles. The molecule has 13 nitrogen and oxygen atoms in total. The lowest BCUT2D eigenvalue weighted by molar-refractivity contribution is -0.187. The number of carbonyl (C=O) groups excluding carboxylic acids is 4. The van der Waals surface area contributed by atoms with Crippen LogP contribution in [0, 0.1) is 5.92 Å². The predicted octanol–water partition coefficient (Wildman–Crippen LogP) is 2.29. The zero-order valence-corrected chi connectivity index (χ0v) is 24.1. The van der Waals surface area contributed by atoms with Crippen molar-refractivity contribution in [2.24, 2.45) is 11.1 Å². The summed E-state index contributed by atoms with van der Waals surface area (Å²) >= 11 is 2.39. The van der Waals surface area contributed by atoms with Crippen LogP contribution in [0.25, 0.3) is 6.08 Å². The molecule has 15 heteroatoms. The Balaban J connectivity index is 1.34. The van der Waals surface area contributed by atoms with Crippen molar-refractivity contribution in [3.63, 3.8) is 0 Å². The monoisotopic (exact) mass is 612 g/mol. The van der Waals surface area contributed by atoms with Crippen LogP contribution in [0.15, 0.2) is 52.4 Å². The maximum Gasteiger partial charge on any atom is 0.358 e. The van der Waals surface area contributed by atoms with Crippen LogP contribution < -0.4 is 11.1 Å². The largest absolute Gasteiger partial charge is 0.425 e. The Kier molecular flexibility index (Phi) is 8.87. The molecule has 1 aliphatic carbocycles. The van der Waals surface area contributed by atoms with Gasteiger partial charge in [-0.15, -0.1) is 23.1 Å². The first-order valence-electron chi connectivity index (χ1n) is 13.2. The lowest BCUT2D eigenvalue weighted by Gasteiger charge is -2.49. The maximum absolute atomic E-state index is 13.5. The highest BCUT2D eigenvalue weighted by atomic mass is 32.2.